The van der Waals surface area contributed by atoms with Gasteiger partial charge in [0.05, 0.1) is 0 Å². The molecule has 0 saturated heterocycles. The van der Waals surface area contributed by atoms with Gasteiger partial charge in [0.2, 0.25) is 0 Å². The van der Waals surface area contributed by atoms with E-state index < -0.39 is 0 Å². The zero-order valence-electron chi connectivity index (χ0n) is 7.16. The average Bonchev–Trinajstić information content (AvgIpc) is 2.19. The van der Waals surface area contributed by atoms with Crippen molar-refractivity contribution in [2.75, 3.05) is 6.54 Å². The van der Waals surface area contributed by atoms with Gasteiger partial charge in [0.15, 0.2) is 6.29 Å². The number of carbonyl (C=O) groups is 1. The lowest BCUT2D eigenvalue weighted by Crippen LogP contribution is -1.96. The average molecular weight is 174 g/mol. The minimum Gasteiger partial charge on any atom is -0.330 e. The Kier molecular flexibility index (Phi) is 3.68. The molecule has 0 spiro atoms. The molecule has 1 rings (SSSR count). The smallest absolute Gasteiger partial charge is 0.152 e. The van der Waals surface area contributed by atoms with Crippen molar-refractivity contribution in [1.82, 2.24) is 4.98 Å². The quantitative estimate of drug-likeness (QED) is 0.527. The van der Waals surface area contributed by atoms with Crippen molar-refractivity contribution in [3.8, 4) is 11.8 Å². The van der Waals surface area contributed by atoms with Crippen molar-refractivity contribution >= 4 is 6.29 Å². The third kappa shape index (κ3) is 2.69. The normalized spacial score (nSPS) is 8.69. The lowest BCUT2D eigenvalue weighted by atomic mass is 10.2. The maximum absolute atomic E-state index is 10.5. The van der Waals surface area contributed by atoms with Gasteiger partial charge >= 0.3 is 0 Å². The molecule has 0 unspecified atom stereocenters. The van der Waals surface area contributed by atoms with E-state index in [0.717, 1.165) is 6.29 Å². The summed E-state index contributed by atoms with van der Waals surface area (Å²) in [6.07, 6.45) is 2.98. The lowest BCUT2D eigenvalue weighted by Gasteiger charge is -1.92. The van der Waals surface area contributed by atoms with Gasteiger partial charge in [-0.05, 0) is 18.1 Å². The summed E-state index contributed by atoms with van der Waals surface area (Å²) in [6, 6.07) is 3.39. The Morgan fingerprint density at radius 2 is 2.46 bits per heavy atom. The Bertz CT molecular complexity index is 349. The number of hydrogen-bond acceptors (Lipinski definition) is 3. The van der Waals surface area contributed by atoms with Crippen molar-refractivity contribution in [1.29, 1.82) is 0 Å². The number of nitrogens with two attached hydrogens (primary N) is 1. The summed E-state index contributed by atoms with van der Waals surface area (Å²) in [5, 5.41) is 0. The van der Waals surface area contributed by atoms with Crippen molar-refractivity contribution < 1.29 is 4.79 Å². The van der Waals surface area contributed by atoms with Gasteiger partial charge in [-0.15, -0.1) is 0 Å². The molecule has 0 aromatic carbocycles. The van der Waals surface area contributed by atoms with Crippen LogP contribution in [0.3, 0.4) is 0 Å². The van der Waals surface area contributed by atoms with E-state index in [2.05, 4.69) is 16.8 Å². The molecule has 0 aliphatic rings. The number of pyridine rings is 1. The van der Waals surface area contributed by atoms with E-state index in [9.17, 15) is 4.79 Å². The SMILES string of the molecule is NCCC#Cc1ncccc1C=O. The first kappa shape index (κ1) is 9.43. The molecular formula is C10H10N2O. The van der Waals surface area contributed by atoms with Crippen LogP contribution < -0.4 is 5.73 Å². The van der Waals surface area contributed by atoms with E-state index in [4.69, 9.17) is 5.73 Å². The second-order valence-electron chi connectivity index (χ2n) is 2.40. The Labute approximate surface area is 77.0 Å². The predicted molar refractivity (Wildman–Crippen MR) is 50.2 cm³/mol. The molecule has 1 heterocycles. The predicted octanol–water partition coefficient (Wildman–Crippen LogP) is 0.594. The maximum Gasteiger partial charge on any atom is 0.152 e. The molecule has 66 valence electrons. The van der Waals surface area contributed by atoms with Gasteiger partial charge in [0.25, 0.3) is 0 Å². The molecule has 1 aromatic rings. The third-order valence-corrected chi connectivity index (χ3v) is 1.44. The van der Waals surface area contributed by atoms with Crippen molar-refractivity contribution in [3.63, 3.8) is 0 Å². The summed E-state index contributed by atoms with van der Waals surface area (Å²) in [5.74, 6) is 5.62. The molecule has 0 radical (unpaired) electrons. The fourth-order valence-corrected chi connectivity index (χ4v) is 0.836. The molecule has 0 saturated carbocycles. The second-order valence-corrected chi connectivity index (χ2v) is 2.40. The van der Waals surface area contributed by atoms with E-state index in [1.165, 1.54) is 0 Å². The molecule has 0 amide bonds. The molecule has 2 N–H and O–H groups in total. The van der Waals surface area contributed by atoms with E-state index in [-0.39, 0.29) is 0 Å². The van der Waals surface area contributed by atoms with Crippen LogP contribution in [0.25, 0.3) is 0 Å². The molecule has 0 fully saturated rings. The highest BCUT2D eigenvalue weighted by Crippen LogP contribution is 1.99. The van der Waals surface area contributed by atoms with Gasteiger partial charge in [0.1, 0.15) is 5.69 Å². The zero-order valence-corrected chi connectivity index (χ0v) is 7.16. The summed E-state index contributed by atoms with van der Waals surface area (Å²) in [5.41, 5.74) is 6.31. The number of aromatic nitrogens is 1. The summed E-state index contributed by atoms with van der Waals surface area (Å²) in [7, 11) is 0. The van der Waals surface area contributed by atoms with Crippen LogP contribution in [0.5, 0.6) is 0 Å². The summed E-state index contributed by atoms with van der Waals surface area (Å²) in [4.78, 5) is 14.5. The first-order valence-electron chi connectivity index (χ1n) is 3.97. The molecular weight excluding hydrogens is 164 g/mol. The van der Waals surface area contributed by atoms with Crippen LogP contribution in [0.4, 0.5) is 0 Å². The molecule has 1 aromatic heterocycles. The van der Waals surface area contributed by atoms with Crippen LogP contribution in [-0.2, 0) is 0 Å². The van der Waals surface area contributed by atoms with E-state index in [1.54, 1.807) is 18.3 Å². The molecule has 3 nitrogen and oxygen atoms in total. The van der Waals surface area contributed by atoms with Crippen LogP contribution in [0.1, 0.15) is 22.5 Å². The first-order valence-corrected chi connectivity index (χ1v) is 3.97. The molecule has 0 bridgehead atoms. The maximum atomic E-state index is 10.5. The second kappa shape index (κ2) is 5.07. The van der Waals surface area contributed by atoms with Gasteiger partial charge in [-0.2, -0.15) is 0 Å². The number of hydrogen-bond donors (Lipinski definition) is 1. The molecule has 13 heavy (non-hydrogen) atoms. The lowest BCUT2D eigenvalue weighted by molar-refractivity contribution is 0.112. The number of aldehydes is 1. The van der Waals surface area contributed by atoms with Crippen molar-refractivity contribution in [3.05, 3.63) is 29.6 Å². The van der Waals surface area contributed by atoms with E-state index in [0.29, 0.717) is 24.2 Å². The minimum atomic E-state index is 0.519. The first-order chi connectivity index (χ1) is 6.38. The summed E-state index contributed by atoms with van der Waals surface area (Å²) < 4.78 is 0. The van der Waals surface area contributed by atoms with Gasteiger partial charge in [-0.25, -0.2) is 4.98 Å². The van der Waals surface area contributed by atoms with Gasteiger partial charge in [-0.1, -0.05) is 5.92 Å². The topological polar surface area (TPSA) is 56.0 Å². The highest BCUT2D eigenvalue weighted by Gasteiger charge is 1.96. The molecule has 3 heteroatoms. The van der Waals surface area contributed by atoms with Crippen molar-refractivity contribution in [2.24, 2.45) is 5.73 Å². The standard InChI is InChI=1S/C10H10N2O/c11-6-2-1-5-10-9(8-13)4-3-7-12-10/h3-4,7-8H,2,6,11H2. The number of rotatable bonds is 2. The van der Waals surface area contributed by atoms with Gasteiger partial charge in [-0.3, -0.25) is 4.79 Å². The van der Waals surface area contributed by atoms with Crippen LogP contribution in [0.15, 0.2) is 18.3 Å². The van der Waals surface area contributed by atoms with Crippen LogP contribution >= 0.6 is 0 Å². The highest BCUT2D eigenvalue weighted by atomic mass is 16.1. The Hall–Kier alpha value is -1.66. The Balaban J connectivity index is 2.88. The molecule has 0 aliphatic heterocycles. The fourth-order valence-electron chi connectivity index (χ4n) is 0.836. The Morgan fingerprint density at radius 3 is 3.15 bits per heavy atom. The van der Waals surface area contributed by atoms with Gasteiger partial charge < -0.3 is 5.73 Å². The number of carbonyl (C=O) groups excluding carboxylic acids is 1. The monoisotopic (exact) mass is 174 g/mol. The summed E-state index contributed by atoms with van der Waals surface area (Å²) >= 11 is 0. The number of nitrogens with zero attached hydrogens (tertiary/aromatic N) is 1. The van der Waals surface area contributed by atoms with Crippen LogP contribution in [0.2, 0.25) is 0 Å². The molecule has 0 aliphatic carbocycles. The van der Waals surface area contributed by atoms with Crippen LogP contribution in [-0.4, -0.2) is 17.8 Å². The minimum absolute atomic E-state index is 0.519. The highest BCUT2D eigenvalue weighted by molar-refractivity contribution is 5.78. The van der Waals surface area contributed by atoms with Gasteiger partial charge in [0, 0.05) is 24.7 Å². The largest absolute Gasteiger partial charge is 0.330 e. The van der Waals surface area contributed by atoms with E-state index >= 15 is 0 Å². The zero-order chi connectivity index (χ0) is 9.52. The van der Waals surface area contributed by atoms with Crippen molar-refractivity contribution in [2.45, 2.75) is 6.42 Å². The fraction of sp³-hybridized carbons (Fsp3) is 0.200. The summed E-state index contributed by atoms with van der Waals surface area (Å²) in [6.45, 7) is 0.524. The van der Waals surface area contributed by atoms with Crippen LogP contribution in [0, 0.1) is 11.8 Å². The van der Waals surface area contributed by atoms with E-state index in [1.807, 2.05) is 0 Å². The molecule has 0 atom stereocenters. The third-order valence-electron chi connectivity index (χ3n) is 1.44. The Morgan fingerprint density at radius 1 is 1.62 bits per heavy atom.